The molecule has 0 saturated carbocycles. The van der Waals surface area contributed by atoms with Gasteiger partial charge in [0, 0.05) is 54.5 Å². The summed E-state index contributed by atoms with van der Waals surface area (Å²) >= 11 is 6.54. The van der Waals surface area contributed by atoms with Crippen LogP contribution in [0.25, 0.3) is 11.0 Å². The van der Waals surface area contributed by atoms with Gasteiger partial charge < -0.3 is 24.9 Å². The predicted molar refractivity (Wildman–Crippen MR) is 172 cm³/mol. The van der Waals surface area contributed by atoms with Crippen LogP contribution in [-0.4, -0.2) is 71.2 Å². The first-order valence-electron chi connectivity index (χ1n) is 16.0. The number of halogens is 1. The van der Waals surface area contributed by atoms with Gasteiger partial charge in [-0.15, -0.1) is 0 Å². The molecule has 10 heteroatoms. The Balaban J connectivity index is 1.24. The number of fused-ring (bicyclic) bond motifs is 5. The van der Waals surface area contributed by atoms with Gasteiger partial charge in [-0.05, 0) is 74.6 Å². The SMILES string of the molecule is Cc1cc2occ(CC(=O)N3C[C@@H]4C[C@H](C3)[C@@H]3CCCC(=O)N[C@H](C)C(=O)N[C@@H](Cc5ccccc5)C(=O)N3C4)c2c(C)c1Cl. The third-order valence-corrected chi connectivity index (χ3v) is 10.4. The van der Waals surface area contributed by atoms with E-state index in [1.54, 1.807) is 13.2 Å². The summed E-state index contributed by atoms with van der Waals surface area (Å²) in [5.74, 6) is -0.429. The highest BCUT2D eigenvalue weighted by atomic mass is 35.5. The van der Waals surface area contributed by atoms with Crippen LogP contribution in [0.3, 0.4) is 0 Å². The Morgan fingerprint density at radius 1 is 1.07 bits per heavy atom. The third kappa shape index (κ3) is 6.45. The summed E-state index contributed by atoms with van der Waals surface area (Å²) in [6.07, 6.45) is 4.67. The van der Waals surface area contributed by atoms with E-state index >= 15 is 0 Å². The van der Waals surface area contributed by atoms with E-state index in [1.807, 2.05) is 60.0 Å². The summed E-state index contributed by atoms with van der Waals surface area (Å²) in [5, 5.41) is 7.31. The minimum Gasteiger partial charge on any atom is -0.464 e. The smallest absolute Gasteiger partial charge is 0.245 e. The van der Waals surface area contributed by atoms with Crippen LogP contribution in [0.2, 0.25) is 5.02 Å². The van der Waals surface area contributed by atoms with Crippen molar-refractivity contribution in [2.75, 3.05) is 19.6 Å². The van der Waals surface area contributed by atoms with Crippen molar-refractivity contribution in [3.05, 3.63) is 69.9 Å². The Morgan fingerprint density at radius 3 is 2.62 bits per heavy atom. The lowest BCUT2D eigenvalue weighted by molar-refractivity contribution is -0.148. The maximum atomic E-state index is 14.3. The van der Waals surface area contributed by atoms with Crippen LogP contribution >= 0.6 is 11.6 Å². The molecule has 3 aliphatic heterocycles. The van der Waals surface area contributed by atoms with E-state index in [-0.39, 0.29) is 54.3 Å². The molecule has 238 valence electrons. The van der Waals surface area contributed by atoms with Gasteiger partial charge in [-0.1, -0.05) is 41.9 Å². The summed E-state index contributed by atoms with van der Waals surface area (Å²) in [5.41, 5.74) is 4.35. The third-order valence-electron chi connectivity index (χ3n) is 9.81. The van der Waals surface area contributed by atoms with E-state index in [1.165, 1.54) is 0 Å². The maximum absolute atomic E-state index is 14.3. The van der Waals surface area contributed by atoms with Gasteiger partial charge in [-0.2, -0.15) is 0 Å². The summed E-state index contributed by atoms with van der Waals surface area (Å²) < 4.78 is 5.82. The number of nitrogens with one attached hydrogen (secondary N) is 2. The standard InChI is InChI=1S/C35H41ClN4O5/c1-20-12-29-32(21(2)33(20)36)26(19-45-29)15-31(42)39-16-24-13-25(18-39)28-10-7-11-30(41)37-22(3)34(43)38-27(35(44)40(28)17-24)14-23-8-5-4-6-9-23/h4-6,8-9,12,19,22,24-25,27-28H,7,10-11,13-18H2,1-3H3,(H,37,41)(H,38,43)/t22-,24+,25-,27+,28+/m1/s1. The first kappa shape index (κ1) is 31.1. The first-order valence-corrected chi connectivity index (χ1v) is 16.3. The molecule has 5 atom stereocenters. The number of nitrogens with zero attached hydrogens (tertiary/aromatic N) is 2. The largest absolute Gasteiger partial charge is 0.464 e. The summed E-state index contributed by atoms with van der Waals surface area (Å²) in [6.45, 7) is 7.15. The van der Waals surface area contributed by atoms with Gasteiger partial charge in [0.25, 0.3) is 0 Å². The number of piperidine rings is 2. The average molecular weight is 633 g/mol. The van der Waals surface area contributed by atoms with E-state index in [0.29, 0.717) is 43.9 Å². The van der Waals surface area contributed by atoms with Crippen molar-refractivity contribution in [1.29, 1.82) is 0 Å². The van der Waals surface area contributed by atoms with Gasteiger partial charge in [0.1, 0.15) is 17.7 Å². The number of benzene rings is 2. The molecule has 3 fully saturated rings. The van der Waals surface area contributed by atoms with E-state index in [2.05, 4.69) is 10.6 Å². The van der Waals surface area contributed by atoms with Crippen LogP contribution in [0.1, 0.15) is 54.9 Å². The second kappa shape index (κ2) is 12.9. The number of carbonyl (C=O) groups is 4. The predicted octanol–water partition coefficient (Wildman–Crippen LogP) is 4.34. The van der Waals surface area contributed by atoms with Gasteiger partial charge in [0.15, 0.2) is 0 Å². The Morgan fingerprint density at radius 2 is 1.84 bits per heavy atom. The highest BCUT2D eigenvalue weighted by molar-refractivity contribution is 6.33. The Bertz CT molecular complexity index is 1620. The molecule has 3 saturated heterocycles. The number of hydrogen-bond acceptors (Lipinski definition) is 5. The van der Waals surface area contributed by atoms with E-state index in [9.17, 15) is 19.2 Å². The lowest BCUT2D eigenvalue weighted by Crippen LogP contribution is -2.64. The number of aryl methyl sites for hydroxylation is 2. The van der Waals surface area contributed by atoms with Gasteiger partial charge >= 0.3 is 0 Å². The van der Waals surface area contributed by atoms with Gasteiger partial charge in [-0.3, -0.25) is 19.2 Å². The average Bonchev–Trinajstić information content (AvgIpc) is 3.41. The normalized spacial score (nSPS) is 26.0. The molecule has 6 rings (SSSR count). The van der Waals surface area contributed by atoms with Crippen LogP contribution in [0.15, 0.2) is 47.1 Å². The quantitative estimate of drug-likeness (QED) is 0.445. The molecule has 9 nitrogen and oxygen atoms in total. The fourth-order valence-electron chi connectivity index (χ4n) is 7.58. The minimum absolute atomic E-state index is 0.0269. The summed E-state index contributed by atoms with van der Waals surface area (Å²) in [7, 11) is 0. The number of amides is 4. The highest BCUT2D eigenvalue weighted by Crippen LogP contribution is 2.37. The second-order valence-corrected chi connectivity index (χ2v) is 13.5. The zero-order valence-electron chi connectivity index (χ0n) is 26.1. The molecule has 2 bridgehead atoms. The van der Waals surface area contributed by atoms with Crippen molar-refractivity contribution in [3.63, 3.8) is 0 Å². The van der Waals surface area contributed by atoms with Gasteiger partial charge in [0.05, 0.1) is 12.7 Å². The Kier molecular flexibility index (Phi) is 8.91. The number of likely N-dealkylation sites (tertiary alicyclic amines) is 1. The van der Waals surface area contributed by atoms with Crippen LogP contribution in [0.5, 0.6) is 0 Å². The van der Waals surface area contributed by atoms with Crippen molar-refractivity contribution < 1.29 is 23.6 Å². The molecular formula is C35H41ClN4O5. The zero-order chi connectivity index (χ0) is 31.8. The van der Waals surface area contributed by atoms with Crippen LogP contribution in [-0.2, 0) is 32.0 Å². The minimum atomic E-state index is -0.759. The molecule has 45 heavy (non-hydrogen) atoms. The lowest BCUT2D eigenvalue weighted by Gasteiger charge is -2.51. The lowest BCUT2D eigenvalue weighted by atomic mass is 9.77. The second-order valence-electron chi connectivity index (χ2n) is 13.1. The summed E-state index contributed by atoms with van der Waals surface area (Å²) in [6, 6.07) is 9.94. The monoisotopic (exact) mass is 632 g/mol. The van der Waals surface area contributed by atoms with Crippen molar-refractivity contribution in [3.8, 4) is 0 Å². The molecule has 1 aromatic heterocycles. The van der Waals surface area contributed by atoms with Crippen molar-refractivity contribution in [2.24, 2.45) is 11.8 Å². The molecule has 4 heterocycles. The molecule has 4 amide bonds. The number of rotatable bonds is 4. The van der Waals surface area contributed by atoms with Crippen molar-refractivity contribution >= 4 is 46.2 Å². The van der Waals surface area contributed by atoms with Gasteiger partial charge in [0.2, 0.25) is 23.6 Å². The first-order chi connectivity index (χ1) is 21.6. The molecule has 3 aliphatic rings. The Labute approximate surface area is 268 Å². The van der Waals surface area contributed by atoms with Crippen molar-refractivity contribution in [1.82, 2.24) is 20.4 Å². The fourth-order valence-corrected chi connectivity index (χ4v) is 7.73. The molecule has 0 aliphatic carbocycles. The number of hydrogen-bond donors (Lipinski definition) is 2. The van der Waals surface area contributed by atoms with Gasteiger partial charge in [-0.25, -0.2) is 0 Å². The summed E-state index contributed by atoms with van der Waals surface area (Å²) in [4.78, 5) is 57.8. The molecule has 0 radical (unpaired) electrons. The van der Waals surface area contributed by atoms with Crippen LogP contribution < -0.4 is 10.6 Å². The fraction of sp³-hybridized carbons (Fsp3) is 0.486. The topological polar surface area (TPSA) is 112 Å². The van der Waals surface area contributed by atoms with Crippen LogP contribution in [0.4, 0.5) is 0 Å². The Hall–Kier alpha value is -3.85. The molecule has 2 N–H and O–H groups in total. The molecule has 2 aromatic carbocycles. The molecular weight excluding hydrogens is 592 g/mol. The van der Waals surface area contributed by atoms with E-state index in [0.717, 1.165) is 39.6 Å². The number of carbonyl (C=O) groups excluding carboxylic acids is 4. The molecule has 0 spiro atoms. The molecule has 3 aromatic rings. The molecule has 0 unspecified atom stereocenters. The van der Waals surface area contributed by atoms with Crippen molar-refractivity contribution in [2.45, 2.75) is 77.4 Å². The number of furan rings is 1. The zero-order valence-corrected chi connectivity index (χ0v) is 26.9. The van der Waals surface area contributed by atoms with E-state index in [4.69, 9.17) is 16.0 Å². The highest BCUT2D eigenvalue weighted by Gasteiger charge is 2.45. The van der Waals surface area contributed by atoms with E-state index < -0.39 is 12.1 Å². The maximum Gasteiger partial charge on any atom is 0.245 e. The van der Waals surface area contributed by atoms with Crippen LogP contribution in [0, 0.1) is 25.7 Å².